The number of nitrogens with zero attached hydrogens (tertiary/aromatic N) is 6. The second-order valence-electron chi connectivity index (χ2n) is 7.33. The molecule has 0 saturated carbocycles. The van der Waals surface area contributed by atoms with E-state index < -0.39 is 11.4 Å². The predicted octanol–water partition coefficient (Wildman–Crippen LogP) is 2.30. The fourth-order valence-corrected chi connectivity index (χ4v) is 3.61. The molecule has 0 amide bonds. The zero-order valence-corrected chi connectivity index (χ0v) is 15.3. The van der Waals surface area contributed by atoms with Crippen molar-refractivity contribution in [1.82, 2.24) is 19.4 Å². The molecule has 4 rings (SSSR count). The van der Waals surface area contributed by atoms with Crippen LogP contribution in [0.1, 0.15) is 25.3 Å². The van der Waals surface area contributed by atoms with Crippen LogP contribution in [-0.4, -0.2) is 43.6 Å². The number of hydrogen-bond donors (Lipinski definition) is 1. The van der Waals surface area contributed by atoms with Crippen LogP contribution < -0.4 is 4.90 Å². The maximum absolute atomic E-state index is 11.5. The zero-order valence-electron chi connectivity index (χ0n) is 15.3. The number of aliphatic carboxylic acids is 1. The number of rotatable bonds is 3. The van der Waals surface area contributed by atoms with Crippen molar-refractivity contribution in [2.75, 3.05) is 18.0 Å². The minimum absolute atomic E-state index is 0.509. The van der Waals surface area contributed by atoms with Crippen LogP contribution in [0.15, 0.2) is 30.9 Å². The van der Waals surface area contributed by atoms with Crippen molar-refractivity contribution >= 4 is 17.2 Å². The lowest BCUT2D eigenvalue weighted by Gasteiger charge is -2.38. The Morgan fingerprint density at radius 2 is 1.96 bits per heavy atom. The van der Waals surface area contributed by atoms with E-state index in [-0.39, 0.29) is 0 Å². The second kappa shape index (κ2) is 6.13. The number of nitriles is 1. The summed E-state index contributed by atoms with van der Waals surface area (Å²) in [7, 11) is 1.86. The Balaban J connectivity index is 1.80. The summed E-state index contributed by atoms with van der Waals surface area (Å²) in [5.74, 6) is -0.751. The lowest BCUT2D eigenvalue weighted by Crippen LogP contribution is -2.42. The Kier molecular flexibility index (Phi) is 3.88. The Hall–Kier alpha value is -3.34. The van der Waals surface area contributed by atoms with Crippen molar-refractivity contribution in [3.8, 4) is 17.2 Å². The zero-order chi connectivity index (χ0) is 19.2. The van der Waals surface area contributed by atoms with Gasteiger partial charge >= 0.3 is 5.97 Å². The highest BCUT2D eigenvalue weighted by Crippen LogP contribution is 2.37. The summed E-state index contributed by atoms with van der Waals surface area (Å²) in [6.07, 6.45) is 8.29. The quantitative estimate of drug-likeness (QED) is 0.765. The molecule has 138 valence electrons. The molecule has 1 fully saturated rings. The van der Waals surface area contributed by atoms with Crippen LogP contribution in [0.4, 0.5) is 5.69 Å². The topological polar surface area (TPSA) is 99.4 Å². The van der Waals surface area contributed by atoms with Gasteiger partial charge in [0.2, 0.25) is 0 Å². The van der Waals surface area contributed by atoms with Gasteiger partial charge in [-0.2, -0.15) is 15.5 Å². The summed E-state index contributed by atoms with van der Waals surface area (Å²) < 4.78 is 3.46. The van der Waals surface area contributed by atoms with Crippen molar-refractivity contribution in [2.24, 2.45) is 12.5 Å². The summed E-state index contributed by atoms with van der Waals surface area (Å²) in [6, 6.07) is 4.25. The van der Waals surface area contributed by atoms with E-state index in [0.717, 1.165) is 22.3 Å². The van der Waals surface area contributed by atoms with Crippen LogP contribution in [0.25, 0.3) is 16.6 Å². The SMILES string of the molecule is Cn1cc(-c2cc(N3CCC(C)(C(=O)O)CC3)c3c(C#N)cnn3c2)cn1. The molecule has 1 aliphatic rings. The molecule has 1 N–H and O–H groups in total. The molecular weight excluding hydrogens is 344 g/mol. The first-order chi connectivity index (χ1) is 12.9. The average Bonchev–Trinajstić information content (AvgIpc) is 3.27. The van der Waals surface area contributed by atoms with Crippen LogP contribution in [0, 0.1) is 16.7 Å². The lowest BCUT2D eigenvalue weighted by molar-refractivity contribution is -0.149. The molecule has 0 aromatic carbocycles. The predicted molar refractivity (Wildman–Crippen MR) is 99.3 cm³/mol. The highest BCUT2D eigenvalue weighted by Gasteiger charge is 2.37. The Morgan fingerprint density at radius 3 is 2.56 bits per heavy atom. The number of aromatic nitrogens is 4. The lowest BCUT2D eigenvalue weighted by atomic mass is 9.80. The van der Waals surface area contributed by atoms with Crippen LogP contribution >= 0.6 is 0 Å². The molecule has 8 nitrogen and oxygen atoms in total. The fraction of sp³-hybridized carbons (Fsp3) is 0.368. The average molecular weight is 364 g/mol. The molecule has 8 heteroatoms. The molecule has 0 bridgehead atoms. The summed E-state index contributed by atoms with van der Waals surface area (Å²) in [4.78, 5) is 13.7. The van der Waals surface area contributed by atoms with Crippen LogP contribution in [-0.2, 0) is 11.8 Å². The highest BCUT2D eigenvalue weighted by atomic mass is 16.4. The summed E-state index contributed by atoms with van der Waals surface area (Å²) >= 11 is 0. The molecule has 0 spiro atoms. The molecule has 0 aliphatic carbocycles. The number of carboxylic acid groups (broad SMARTS) is 1. The number of pyridine rings is 1. The van der Waals surface area contributed by atoms with Gasteiger partial charge < -0.3 is 10.0 Å². The van der Waals surface area contributed by atoms with Gasteiger partial charge in [-0.1, -0.05) is 0 Å². The van der Waals surface area contributed by atoms with Gasteiger partial charge in [0.05, 0.1) is 29.1 Å². The molecule has 3 aromatic heterocycles. The minimum Gasteiger partial charge on any atom is -0.481 e. The summed E-state index contributed by atoms with van der Waals surface area (Å²) in [6.45, 7) is 3.03. The largest absolute Gasteiger partial charge is 0.481 e. The third kappa shape index (κ3) is 2.81. The van der Waals surface area contributed by atoms with E-state index in [9.17, 15) is 15.2 Å². The van der Waals surface area contributed by atoms with Crippen molar-refractivity contribution in [3.63, 3.8) is 0 Å². The van der Waals surface area contributed by atoms with E-state index in [1.54, 1.807) is 28.5 Å². The van der Waals surface area contributed by atoms with Crippen molar-refractivity contribution < 1.29 is 9.90 Å². The molecule has 0 radical (unpaired) electrons. The fourth-order valence-electron chi connectivity index (χ4n) is 3.61. The standard InChI is InChI=1S/C19H20N6O2/c1-19(18(26)27)3-5-24(6-4-19)16-7-13(15-10-21-23(2)11-15)12-25-17(16)14(8-20)9-22-25/h7,9-12H,3-6H2,1-2H3,(H,26,27). The van der Waals surface area contributed by atoms with E-state index in [0.29, 0.717) is 31.5 Å². The van der Waals surface area contributed by atoms with E-state index in [1.807, 2.05) is 25.5 Å². The monoisotopic (exact) mass is 364 g/mol. The van der Waals surface area contributed by atoms with Crippen molar-refractivity contribution in [1.29, 1.82) is 5.26 Å². The maximum Gasteiger partial charge on any atom is 0.309 e. The van der Waals surface area contributed by atoms with E-state index in [1.165, 1.54) is 0 Å². The molecule has 0 unspecified atom stereocenters. The highest BCUT2D eigenvalue weighted by molar-refractivity contribution is 5.84. The van der Waals surface area contributed by atoms with Crippen LogP contribution in [0.2, 0.25) is 0 Å². The van der Waals surface area contributed by atoms with Gasteiger partial charge in [-0.3, -0.25) is 9.48 Å². The first-order valence-corrected chi connectivity index (χ1v) is 8.80. The van der Waals surface area contributed by atoms with E-state index in [4.69, 9.17) is 0 Å². The summed E-state index contributed by atoms with van der Waals surface area (Å²) in [5, 5.41) is 27.5. The number of aryl methyl sites for hydroxylation is 1. The number of fused-ring (bicyclic) bond motifs is 1. The number of anilines is 1. The van der Waals surface area contributed by atoms with Crippen LogP contribution in [0.5, 0.6) is 0 Å². The minimum atomic E-state index is -0.751. The molecular formula is C19H20N6O2. The Morgan fingerprint density at radius 1 is 1.22 bits per heavy atom. The third-order valence-corrected chi connectivity index (χ3v) is 5.47. The van der Waals surface area contributed by atoms with Gasteiger partial charge in [0, 0.05) is 43.7 Å². The van der Waals surface area contributed by atoms with Gasteiger partial charge in [0.25, 0.3) is 0 Å². The smallest absolute Gasteiger partial charge is 0.309 e. The maximum atomic E-state index is 11.5. The van der Waals surface area contributed by atoms with Gasteiger partial charge in [-0.25, -0.2) is 4.52 Å². The summed E-state index contributed by atoms with van der Waals surface area (Å²) in [5.41, 5.74) is 3.37. The molecule has 27 heavy (non-hydrogen) atoms. The normalized spacial score (nSPS) is 16.4. The first kappa shape index (κ1) is 17.1. The third-order valence-electron chi connectivity index (χ3n) is 5.47. The molecule has 3 aromatic rings. The first-order valence-electron chi connectivity index (χ1n) is 8.80. The Labute approximate surface area is 156 Å². The molecule has 1 saturated heterocycles. The van der Waals surface area contributed by atoms with Gasteiger partial charge in [-0.05, 0) is 25.8 Å². The van der Waals surface area contributed by atoms with Gasteiger partial charge in [-0.15, -0.1) is 0 Å². The number of piperidine rings is 1. The molecule has 4 heterocycles. The van der Waals surface area contributed by atoms with Crippen molar-refractivity contribution in [2.45, 2.75) is 19.8 Å². The Bertz CT molecular complexity index is 1070. The number of carboxylic acids is 1. The molecule has 1 aliphatic heterocycles. The van der Waals surface area contributed by atoms with E-state index >= 15 is 0 Å². The van der Waals surface area contributed by atoms with E-state index in [2.05, 4.69) is 21.2 Å². The van der Waals surface area contributed by atoms with Gasteiger partial charge in [0.15, 0.2) is 0 Å². The number of hydrogen-bond acceptors (Lipinski definition) is 5. The second-order valence-corrected chi connectivity index (χ2v) is 7.33. The number of carbonyl (C=O) groups is 1. The molecule has 0 atom stereocenters. The van der Waals surface area contributed by atoms with Gasteiger partial charge in [0.1, 0.15) is 11.6 Å². The van der Waals surface area contributed by atoms with Crippen molar-refractivity contribution in [3.05, 3.63) is 36.4 Å². The van der Waals surface area contributed by atoms with Crippen LogP contribution in [0.3, 0.4) is 0 Å².